The molecule has 138 valence electrons. The number of hydrogen-bond acceptors (Lipinski definition) is 4. The number of hydrogen-bond donors (Lipinski definition) is 0. The molecule has 4 nitrogen and oxygen atoms in total. The number of likely N-dealkylation sites (N-methyl/N-ethyl adjacent to an activating group) is 1. The summed E-state index contributed by atoms with van der Waals surface area (Å²) in [6.07, 6.45) is 0. The molecule has 8 heteroatoms. The molecule has 0 aliphatic carbocycles. The van der Waals surface area contributed by atoms with Gasteiger partial charge in [0.1, 0.15) is 5.82 Å². The Morgan fingerprint density at radius 1 is 1.19 bits per heavy atom. The second-order valence-electron chi connectivity index (χ2n) is 5.88. The first-order chi connectivity index (χ1) is 11.9. The Hall–Kier alpha value is -1.73. The smallest absolute Gasteiger partial charge is 0.260 e. The van der Waals surface area contributed by atoms with Crippen LogP contribution >= 0.6 is 35.3 Å². The van der Waals surface area contributed by atoms with Gasteiger partial charge < -0.3 is 4.90 Å². The number of carbonyl (C=O) groups is 1. The highest BCUT2D eigenvalue weighted by molar-refractivity contribution is 7.22. The summed E-state index contributed by atoms with van der Waals surface area (Å²) in [6.45, 7) is 1.12. The molecule has 3 rings (SSSR count). The second kappa shape index (κ2) is 8.77. The van der Waals surface area contributed by atoms with Gasteiger partial charge >= 0.3 is 0 Å². The van der Waals surface area contributed by atoms with E-state index >= 15 is 0 Å². The van der Waals surface area contributed by atoms with Crippen molar-refractivity contribution in [2.75, 3.05) is 32.1 Å². The number of benzene rings is 2. The van der Waals surface area contributed by atoms with E-state index in [1.807, 2.05) is 31.1 Å². The predicted molar refractivity (Wildman–Crippen MR) is 109 cm³/mol. The molecule has 1 amide bonds. The molecule has 0 aliphatic heterocycles. The van der Waals surface area contributed by atoms with Crippen LogP contribution in [-0.2, 0) is 0 Å². The van der Waals surface area contributed by atoms with Crippen LogP contribution in [0.2, 0.25) is 5.02 Å². The van der Waals surface area contributed by atoms with Crippen LogP contribution in [0.5, 0.6) is 0 Å². The monoisotopic (exact) mass is 413 g/mol. The molecule has 0 fully saturated rings. The Morgan fingerprint density at radius 2 is 1.96 bits per heavy atom. The predicted octanol–water partition coefficient (Wildman–Crippen LogP) is 4.72. The Bertz CT molecular complexity index is 916. The van der Waals surface area contributed by atoms with Crippen molar-refractivity contribution in [1.29, 1.82) is 0 Å². The minimum Gasteiger partial charge on any atom is -0.308 e. The van der Waals surface area contributed by atoms with Gasteiger partial charge in [0.05, 0.1) is 10.2 Å². The van der Waals surface area contributed by atoms with Crippen LogP contribution < -0.4 is 4.90 Å². The second-order valence-corrected chi connectivity index (χ2v) is 7.32. The van der Waals surface area contributed by atoms with Gasteiger partial charge in [-0.1, -0.05) is 29.0 Å². The van der Waals surface area contributed by atoms with E-state index in [-0.39, 0.29) is 18.3 Å². The molecular formula is C18H18Cl2FN3OS. The first-order valence-electron chi connectivity index (χ1n) is 7.72. The SMILES string of the molecule is CN(C)CCN(C(=O)c1cccc(F)c1)c1nc2ccc(Cl)cc2s1.Cl. The van der Waals surface area contributed by atoms with Crippen molar-refractivity contribution in [3.63, 3.8) is 0 Å². The summed E-state index contributed by atoms with van der Waals surface area (Å²) in [6, 6.07) is 11.1. The maximum Gasteiger partial charge on any atom is 0.260 e. The standard InChI is InChI=1S/C18H17ClFN3OS.ClH/c1-22(2)8-9-23(17(24)12-4-3-5-14(20)10-12)18-21-15-7-6-13(19)11-16(15)25-18;/h3-7,10-11H,8-9H2,1-2H3;1H. The highest BCUT2D eigenvalue weighted by Gasteiger charge is 2.21. The number of anilines is 1. The minimum atomic E-state index is -0.436. The minimum absolute atomic E-state index is 0. The number of carbonyl (C=O) groups excluding carboxylic acids is 1. The van der Waals surface area contributed by atoms with E-state index in [0.717, 1.165) is 10.2 Å². The van der Waals surface area contributed by atoms with Gasteiger partial charge in [-0.15, -0.1) is 12.4 Å². The third kappa shape index (κ3) is 4.71. The molecule has 0 bridgehead atoms. The maximum absolute atomic E-state index is 13.5. The fourth-order valence-corrected chi connectivity index (χ4v) is 3.63. The van der Waals surface area contributed by atoms with Crippen molar-refractivity contribution in [1.82, 2.24) is 9.88 Å². The molecule has 0 N–H and O–H groups in total. The average molecular weight is 414 g/mol. The van der Waals surface area contributed by atoms with E-state index in [2.05, 4.69) is 4.98 Å². The highest BCUT2D eigenvalue weighted by atomic mass is 35.5. The summed E-state index contributed by atoms with van der Waals surface area (Å²) in [4.78, 5) is 21.1. The zero-order valence-electron chi connectivity index (χ0n) is 14.3. The lowest BCUT2D eigenvalue weighted by atomic mass is 10.2. The normalized spacial score (nSPS) is 10.8. The summed E-state index contributed by atoms with van der Waals surface area (Å²) in [5, 5.41) is 1.20. The topological polar surface area (TPSA) is 36.4 Å². The number of thiazole rings is 1. The van der Waals surface area contributed by atoms with Crippen molar-refractivity contribution in [3.8, 4) is 0 Å². The van der Waals surface area contributed by atoms with Crippen LogP contribution in [0.15, 0.2) is 42.5 Å². The maximum atomic E-state index is 13.5. The zero-order chi connectivity index (χ0) is 18.0. The number of nitrogens with zero attached hydrogens (tertiary/aromatic N) is 3. The van der Waals surface area contributed by atoms with Crippen molar-refractivity contribution >= 4 is 56.6 Å². The molecule has 0 unspecified atom stereocenters. The molecule has 1 heterocycles. The molecule has 0 spiro atoms. The number of amides is 1. The van der Waals surface area contributed by atoms with Gasteiger partial charge in [-0.05, 0) is 50.5 Å². The quantitative estimate of drug-likeness (QED) is 0.606. The Labute approximate surface area is 166 Å². The summed E-state index contributed by atoms with van der Waals surface area (Å²) in [7, 11) is 3.87. The van der Waals surface area contributed by atoms with Gasteiger partial charge in [0.25, 0.3) is 5.91 Å². The summed E-state index contributed by atoms with van der Waals surface area (Å²) in [5.74, 6) is -0.707. The number of rotatable bonds is 5. The van der Waals surface area contributed by atoms with Crippen LogP contribution in [0.3, 0.4) is 0 Å². The first-order valence-corrected chi connectivity index (χ1v) is 8.92. The van der Waals surface area contributed by atoms with Gasteiger partial charge in [0.15, 0.2) is 5.13 Å². The van der Waals surface area contributed by atoms with E-state index in [9.17, 15) is 9.18 Å². The molecule has 0 saturated carbocycles. The number of fused-ring (bicyclic) bond motifs is 1. The molecule has 1 aromatic heterocycles. The highest BCUT2D eigenvalue weighted by Crippen LogP contribution is 2.31. The number of halogens is 3. The fraction of sp³-hybridized carbons (Fsp3) is 0.222. The lowest BCUT2D eigenvalue weighted by molar-refractivity contribution is 0.0985. The van der Waals surface area contributed by atoms with Crippen LogP contribution in [0.25, 0.3) is 10.2 Å². The summed E-state index contributed by atoms with van der Waals surface area (Å²) < 4.78 is 14.4. The van der Waals surface area contributed by atoms with Crippen LogP contribution in [0.4, 0.5) is 9.52 Å². The Balaban J connectivity index is 0.00000243. The average Bonchev–Trinajstić information content (AvgIpc) is 2.97. The summed E-state index contributed by atoms with van der Waals surface area (Å²) in [5.41, 5.74) is 1.09. The Kier molecular flexibility index (Phi) is 6.94. The van der Waals surface area contributed by atoms with Gasteiger partial charge in [-0.2, -0.15) is 0 Å². The third-order valence-electron chi connectivity index (χ3n) is 3.66. The van der Waals surface area contributed by atoms with E-state index in [1.54, 1.807) is 17.0 Å². The lowest BCUT2D eigenvalue weighted by Crippen LogP contribution is -2.36. The van der Waals surface area contributed by atoms with Gasteiger partial charge in [0, 0.05) is 23.7 Å². The molecule has 26 heavy (non-hydrogen) atoms. The largest absolute Gasteiger partial charge is 0.308 e. The summed E-state index contributed by atoms with van der Waals surface area (Å²) >= 11 is 7.43. The van der Waals surface area contributed by atoms with Crippen LogP contribution in [0, 0.1) is 5.82 Å². The van der Waals surface area contributed by atoms with Gasteiger partial charge in [-0.25, -0.2) is 9.37 Å². The molecule has 0 atom stereocenters. The molecule has 0 radical (unpaired) electrons. The van der Waals surface area contributed by atoms with Crippen LogP contribution in [0.1, 0.15) is 10.4 Å². The van der Waals surface area contributed by atoms with E-state index < -0.39 is 5.82 Å². The third-order valence-corrected chi connectivity index (χ3v) is 4.93. The van der Waals surface area contributed by atoms with Crippen molar-refractivity contribution in [3.05, 3.63) is 58.9 Å². The van der Waals surface area contributed by atoms with Crippen LogP contribution in [-0.4, -0.2) is 43.0 Å². The first kappa shape index (κ1) is 20.6. The van der Waals surface area contributed by atoms with Crippen molar-refractivity contribution in [2.24, 2.45) is 0 Å². The van der Waals surface area contributed by atoms with E-state index in [1.165, 1.54) is 29.5 Å². The zero-order valence-corrected chi connectivity index (χ0v) is 16.7. The molecule has 2 aromatic carbocycles. The molecule has 3 aromatic rings. The fourth-order valence-electron chi connectivity index (χ4n) is 2.36. The van der Waals surface area contributed by atoms with Crippen molar-refractivity contribution < 1.29 is 9.18 Å². The molecule has 0 aliphatic rings. The van der Waals surface area contributed by atoms with Crippen molar-refractivity contribution in [2.45, 2.75) is 0 Å². The van der Waals surface area contributed by atoms with Gasteiger partial charge in [0.2, 0.25) is 0 Å². The Morgan fingerprint density at radius 3 is 2.65 bits per heavy atom. The van der Waals surface area contributed by atoms with E-state index in [4.69, 9.17) is 11.6 Å². The molecular weight excluding hydrogens is 396 g/mol. The molecule has 0 saturated heterocycles. The lowest BCUT2D eigenvalue weighted by Gasteiger charge is -2.22. The number of aromatic nitrogens is 1. The van der Waals surface area contributed by atoms with Gasteiger partial charge in [-0.3, -0.25) is 9.69 Å². The van der Waals surface area contributed by atoms with E-state index in [0.29, 0.717) is 28.8 Å².